The van der Waals surface area contributed by atoms with E-state index in [2.05, 4.69) is 31.0 Å². The fraction of sp³-hybridized carbons (Fsp3) is 0.158. The monoisotopic (exact) mass is 291 g/mol. The molecule has 0 atom stereocenters. The standard InChI is InChI=1S/C19H17NO2/c1-13(2)15-5-7-16(8-6-15)18-11-17(19(21)22-18)10-14-4-3-9-20-12-14/h3-13H,1-2H3. The number of hydrogen-bond acceptors (Lipinski definition) is 3. The fourth-order valence-corrected chi connectivity index (χ4v) is 2.30. The average molecular weight is 291 g/mol. The topological polar surface area (TPSA) is 39.2 Å². The molecule has 22 heavy (non-hydrogen) atoms. The molecule has 0 amide bonds. The summed E-state index contributed by atoms with van der Waals surface area (Å²) in [6, 6.07) is 11.8. The van der Waals surface area contributed by atoms with Crippen molar-refractivity contribution in [1.29, 1.82) is 0 Å². The number of pyridine rings is 1. The molecular formula is C19H17NO2. The van der Waals surface area contributed by atoms with Crippen LogP contribution in [0.1, 0.15) is 36.5 Å². The van der Waals surface area contributed by atoms with Crippen LogP contribution in [0.3, 0.4) is 0 Å². The van der Waals surface area contributed by atoms with E-state index < -0.39 is 0 Å². The number of cyclic esters (lactones) is 1. The number of esters is 1. The van der Waals surface area contributed by atoms with Gasteiger partial charge in [0.1, 0.15) is 5.76 Å². The molecular weight excluding hydrogens is 274 g/mol. The van der Waals surface area contributed by atoms with Crippen molar-refractivity contribution >= 4 is 17.8 Å². The molecule has 0 spiro atoms. The summed E-state index contributed by atoms with van der Waals surface area (Å²) in [5, 5.41) is 0. The maximum absolute atomic E-state index is 12.0. The smallest absolute Gasteiger partial charge is 0.343 e. The van der Waals surface area contributed by atoms with Crippen molar-refractivity contribution in [2.45, 2.75) is 19.8 Å². The third kappa shape index (κ3) is 2.98. The quantitative estimate of drug-likeness (QED) is 0.629. The minimum Gasteiger partial charge on any atom is -0.422 e. The van der Waals surface area contributed by atoms with Crippen LogP contribution >= 0.6 is 0 Å². The van der Waals surface area contributed by atoms with Gasteiger partial charge in [0, 0.05) is 18.0 Å². The fourth-order valence-electron chi connectivity index (χ4n) is 2.30. The SMILES string of the molecule is CC(C)c1ccc(C2=CC(=Cc3cccnc3)C(=O)O2)cc1. The molecule has 1 aliphatic heterocycles. The second kappa shape index (κ2) is 5.98. The maximum atomic E-state index is 12.0. The van der Waals surface area contributed by atoms with Gasteiger partial charge in [0.2, 0.25) is 0 Å². The Labute approximate surface area is 130 Å². The van der Waals surface area contributed by atoms with Gasteiger partial charge >= 0.3 is 5.97 Å². The molecule has 1 aliphatic rings. The number of aromatic nitrogens is 1. The summed E-state index contributed by atoms with van der Waals surface area (Å²) in [5.41, 5.74) is 3.59. The molecule has 1 aromatic heterocycles. The summed E-state index contributed by atoms with van der Waals surface area (Å²) >= 11 is 0. The number of carbonyl (C=O) groups excluding carboxylic acids is 1. The average Bonchev–Trinajstić information content (AvgIpc) is 2.89. The number of ether oxygens (including phenoxy) is 1. The highest BCUT2D eigenvalue weighted by Gasteiger charge is 2.21. The minimum absolute atomic E-state index is 0.327. The molecule has 0 unspecified atom stereocenters. The van der Waals surface area contributed by atoms with Crippen LogP contribution in [0.2, 0.25) is 0 Å². The van der Waals surface area contributed by atoms with Crippen LogP contribution in [-0.4, -0.2) is 11.0 Å². The van der Waals surface area contributed by atoms with E-state index in [4.69, 9.17) is 4.74 Å². The third-order valence-electron chi connectivity index (χ3n) is 3.59. The molecule has 0 N–H and O–H groups in total. The highest BCUT2D eigenvalue weighted by Crippen LogP contribution is 2.28. The van der Waals surface area contributed by atoms with Crippen LogP contribution in [0.15, 0.2) is 60.4 Å². The molecule has 2 heterocycles. The molecule has 3 rings (SSSR count). The first-order valence-corrected chi connectivity index (χ1v) is 7.29. The van der Waals surface area contributed by atoms with Crippen molar-refractivity contribution in [3.05, 3.63) is 77.1 Å². The van der Waals surface area contributed by atoms with E-state index in [1.165, 1.54) is 5.56 Å². The highest BCUT2D eigenvalue weighted by molar-refractivity contribution is 6.05. The zero-order chi connectivity index (χ0) is 15.5. The number of nitrogens with zero attached hydrogens (tertiary/aromatic N) is 1. The van der Waals surface area contributed by atoms with E-state index in [9.17, 15) is 4.79 Å². The number of rotatable bonds is 3. The van der Waals surface area contributed by atoms with Gasteiger partial charge in [-0.15, -0.1) is 0 Å². The van der Waals surface area contributed by atoms with Gasteiger partial charge in [0.05, 0.1) is 5.57 Å². The minimum atomic E-state index is -0.327. The lowest BCUT2D eigenvalue weighted by Gasteiger charge is -2.06. The predicted molar refractivity (Wildman–Crippen MR) is 86.8 cm³/mol. The van der Waals surface area contributed by atoms with Crippen molar-refractivity contribution in [1.82, 2.24) is 4.98 Å². The van der Waals surface area contributed by atoms with Gasteiger partial charge in [0.15, 0.2) is 0 Å². The Kier molecular flexibility index (Phi) is 3.88. The number of hydrogen-bond donors (Lipinski definition) is 0. The Morgan fingerprint density at radius 2 is 1.91 bits per heavy atom. The summed E-state index contributed by atoms with van der Waals surface area (Å²) in [4.78, 5) is 16.0. The van der Waals surface area contributed by atoms with Crippen LogP contribution in [0.5, 0.6) is 0 Å². The Morgan fingerprint density at radius 3 is 2.55 bits per heavy atom. The van der Waals surface area contributed by atoms with Crippen LogP contribution < -0.4 is 0 Å². The van der Waals surface area contributed by atoms with Crippen LogP contribution in [0.4, 0.5) is 0 Å². The summed E-state index contributed by atoms with van der Waals surface area (Å²) in [6.07, 6.45) is 6.97. The van der Waals surface area contributed by atoms with Gasteiger partial charge < -0.3 is 4.74 Å². The molecule has 0 aliphatic carbocycles. The van der Waals surface area contributed by atoms with E-state index >= 15 is 0 Å². The Hall–Kier alpha value is -2.68. The first-order chi connectivity index (χ1) is 10.6. The van der Waals surface area contributed by atoms with Crippen molar-refractivity contribution in [3.63, 3.8) is 0 Å². The zero-order valence-electron chi connectivity index (χ0n) is 12.6. The van der Waals surface area contributed by atoms with Crippen molar-refractivity contribution < 1.29 is 9.53 Å². The molecule has 0 bridgehead atoms. The van der Waals surface area contributed by atoms with E-state index in [1.54, 1.807) is 24.5 Å². The second-order valence-corrected chi connectivity index (χ2v) is 5.56. The highest BCUT2D eigenvalue weighted by atomic mass is 16.5. The van der Waals surface area contributed by atoms with E-state index in [0.717, 1.165) is 11.1 Å². The maximum Gasteiger partial charge on any atom is 0.343 e. The third-order valence-corrected chi connectivity index (χ3v) is 3.59. The summed E-state index contributed by atoms with van der Waals surface area (Å²) < 4.78 is 5.37. The molecule has 0 radical (unpaired) electrons. The van der Waals surface area contributed by atoms with Crippen LogP contribution in [0.25, 0.3) is 11.8 Å². The van der Waals surface area contributed by atoms with Crippen molar-refractivity contribution in [2.24, 2.45) is 0 Å². The lowest BCUT2D eigenvalue weighted by atomic mass is 10.0. The second-order valence-electron chi connectivity index (χ2n) is 5.56. The van der Waals surface area contributed by atoms with Gasteiger partial charge in [-0.1, -0.05) is 44.2 Å². The van der Waals surface area contributed by atoms with Gasteiger partial charge in [-0.05, 0) is 35.3 Å². The molecule has 110 valence electrons. The van der Waals surface area contributed by atoms with Crippen LogP contribution in [0, 0.1) is 0 Å². The van der Waals surface area contributed by atoms with Gasteiger partial charge in [-0.25, -0.2) is 4.79 Å². The molecule has 0 saturated heterocycles. The van der Waals surface area contributed by atoms with Gasteiger partial charge in [-0.3, -0.25) is 4.98 Å². The van der Waals surface area contributed by atoms with E-state index in [0.29, 0.717) is 17.3 Å². The summed E-state index contributed by atoms with van der Waals surface area (Å²) in [6.45, 7) is 4.30. The molecule has 3 nitrogen and oxygen atoms in total. The Bertz CT molecular complexity index is 741. The summed E-state index contributed by atoms with van der Waals surface area (Å²) in [5.74, 6) is 0.748. The predicted octanol–water partition coefficient (Wildman–Crippen LogP) is 4.19. The normalized spacial score (nSPS) is 16.0. The molecule has 2 aromatic rings. The Morgan fingerprint density at radius 1 is 1.14 bits per heavy atom. The van der Waals surface area contributed by atoms with E-state index in [-0.39, 0.29) is 5.97 Å². The van der Waals surface area contributed by atoms with Crippen molar-refractivity contribution in [2.75, 3.05) is 0 Å². The van der Waals surface area contributed by atoms with Gasteiger partial charge in [-0.2, -0.15) is 0 Å². The Balaban J connectivity index is 1.88. The first-order valence-electron chi connectivity index (χ1n) is 7.29. The van der Waals surface area contributed by atoms with Crippen molar-refractivity contribution in [3.8, 4) is 0 Å². The summed E-state index contributed by atoms with van der Waals surface area (Å²) in [7, 11) is 0. The van der Waals surface area contributed by atoms with Crippen LogP contribution in [-0.2, 0) is 9.53 Å². The van der Waals surface area contributed by atoms with Gasteiger partial charge in [0.25, 0.3) is 0 Å². The molecule has 3 heteroatoms. The molecule has 1 aromatic carbocycles. The lowest BCUT2D eigenvalue weighted by Crippen LogP contribution is -1.97. The number of carbonyl (C=O) groups is 1. The zero-order valence-corrected chi connectivity index (χ0v) is 12.6. The molecule has 0 fully saturated rings. The number of benzene rings is 1. The van der Waals surface area contributed by atoms with E-state index in [1.807, 2.05) is 24.3 Å². The first kappa shape index (κ1) is 14.3. The largest absolute Gasteiger partial charge is 0.422 e. The molecule has 0 saturated carbocycles. The lowest BCUT2D eigenvalue weighted by molar-refractivity contribution is -0.130.